The zero-order valence-electron chi connectivity index (χ0n) is 2.33. The van der Waals surface area contributed by atoms with Crippen molar-refractivity contribution >= 4 is 75.1 Å². The Balaban J connectivity index is 0. The van der Waals surface area contributed by atoms with Crippen molar-refractivity contribution < 1.29 is 44.8 Å². The van der Waals surface area contributed by atoms with E-state index in [9.17, 15) is 0 Å². The molecule has 0 bridgehead atoms. The van der Waals surface area contributed by atoms with E-state index in [2.05, 4.69) is 0 Å². The van der Waals surface area contributed by atoms with Gasteiger partial charge in [-0.3, -0.25) is 0 Å². The monoisotopic (exact) mass is 573 g/mol. The van der Waals surface area contributed by atoms with Crippen molar-refractivity contribution in [2.24, 2.45) is 0 Å². The van der Waals surface area contributed by atoms with Crippen LogP contribution >= 0.6 is 0 Å². The molecule has 44 valence electrons. The fourth-order valence-electron chi connectivity index (χ4n) is 0. The summed E-state index contributed by atoms with van der Waals surface area (Å²) < 4.78 is 0. The zero-order valence-corrected chi connectivity index (χ0v) is 13.3. The van der Waals surface area contributed by atoms with Crippen molar-refractivity contribution in [2.75, 3.05) is 0 Å². The number of rotatable bonds is 0. The van der Waals surface area contributed by atoms with Gasteiger partial charge in [0, 0.05) is 0 Å². The van der Waals surface area contributed by atoms with Crippen LogP contribution in [0.5, 0.6) is 0 Å². The molecule has 0 spiro atoms. The van der Waals surface area contributed by atoms with Gasteiger partial charge in [-0.15, -0.1) is 0 Å². The Bertz CT molecular complexity index is 8.75. The quantitative estimate of drug-likeness (QED) is 0.310. The second-order valence-corrected chi connectivity index (χ2v) is 0. The van der Waals surface area contributed by atoms with E-state index in [0.717, 1.165) is 0 Å². The predicted octanol–water partition coefficient (Wildman–Crippen LogP) is -1.53. The van der Waals surface area contributed by atoms with Gasteiger partial charge in [-0.05, 0) is 0 Å². The molecule has 0 atom stereocenters. The summed E-state index contributed by atoms with van der Waals surface area (Å²) in [6.45, 7) is 0. The summed E-state index contributed by atoms with van der Waals surface area (Å²) in [6.07, 6.45) is 0. The van der Waals surface area contributed by atoms with Crippen LogP contribution in [0.25, 0.3) is 0 Å². The summed E-state index contributed by atoms with van der Waals surface area (Å²) in [5, 5.41) is 0. The Morgan fingerprint density at radius 3 is 0.500 bits per heavy atom. The predicted molar refractivity (Wildman–Crippen MR) is 23.0 cm³/mol. The first-order chi connectivity index (χ1) is 0. The molecule has 0 heterocycles. The Labute approximate surface area is 118 Å². The minimum Gasteiger partial charge on any atom is -2.00 e. The van der Waals surface area contributed by atoms with Crippen molar-refractivity contribution in [1.29, 1.82) is 0 Å². The summed E-state index contributed by atoms with van der Waals surface area (Å²) in [4.78, 5) is 0. The van der Waals surface area contributed by atoms with Gasteiger partial charge in [0.25, 0.3) is 0 Å². The number of hydrogen-bond acceptors (Lipinski definition) is 0. The molecule has 0 aromatic rings. The largest absolute Gasteiger partial charge is 4.00 e. The Kier molecular flexibility index (Phi) is 321. The van der Waals surface area contributed by atoms with Crippen LogP contribution in [-0.2, 0) is 44.8 Å². The third-order valence-electron chi connectivity index (χ3n) is 0. The minimum atomic E-state index is 0. The SMILES string of the molecule is [Ag+].[Ag+].[Se-2].[Se-2].[Se-2].[Sn+4]. The molecule has 0 unspecified atom stereocenters. The van der Waals surface area contributed by atoms with E-state index in [-0.39, 0.29) is 120 Å². The van der Waals surface area contributed by atoms with Crippen LogP contribution in [0.4, 0.5) is 0 Å². The molecule has 6 heteroatoms. The first-order valence-corrected chi connectivity index (χ1v) is 0. The van der Waals surface area contributed by atoms with Crippen molar-refractivity contribution in [1.82, 2.24) is 0 Å². The van der Waals surface area contributed by atoms with E-state index in [1.54, 1.807) is 0 Å². The van der Waals surface area contributed by atoms with Crippen LogP contribution < -0.4 is 0 Å². The van der Waals surface area contributed by atoms with Crippen LogP contribution in [0.15, 0.2) is 0 Å². The second-order valence-electron chi connectivity index (χ2n) is 0. The first-order valence-electron chi connectivity index (χ1n) is 0. The Morgan fingerprint density at radius 2 is 0.500 bits per heavy atom. The molecule has 0 aliphatic heterocycles. The molecule has 0 nitrogen and oxygen atoms in total. The molecule has 0 saturated carbocycles. The van der Waals surface area contributed by atoms with Gasteiger partial charge in [0.15, 0.2) is 0 Å². The van der Waals surface area contributed by atoms with Crippen molar-refractivity contribution in [2.45, 2.75) is 0 Å². The van der Waals surface area contributed by atoms with Gasteiger partial charge in [0.2, 0.25) is 0 Å². The molecule has 0 aromatic heterocycles. The maximum absolute atomic E-state index is 0. The van der Waals surface area contributed by atoms with Crippen molar-refractivity contribution in [3.63, 3.8) is 0 Å². The third-order valence-corrected chi connectivity index (χ3v) is 0. The molecule has 0 aromatic carbocycles. The standard InChI is InChI=1S/2Ag.3Se.Sn/q2*+1;3*-2;+4. The van der Waals surface area contributed by atoms with E-state index >= 15 is 0 Å². The van der Waals surface area contributed by atoms with Crippen LogP contribution in [0.3, 0.4) is 0 Å². The van der Waals surface area contributed by atoms with Crippen LogP contribution in [-0.4, -0.2) is 75.1 Å². The van der Waals surface area contributed by atoms with Gasteiger partial charge in [0.1, 0.15) is 0 Å². The van der Waals surface area contributed by atoms with E-state index < -0.39 is 0 Å². The maximum atomic E-state index is 0. The molecule has 0 aliphatic rings. The van der Waals surface area contributed by atoms with Crippen LogP contribution in [0, 0.1) is 0 Å². The van der Waals surface area contributed by atoms with E-state index in [1.165, 1.54) is 0 Å². The Morgan fingerprint density at radius 1 is 0.500 bits per heavy atom. The summed E-state index contributed by atoms with van der Waals surface area (Å²) in [5.74, 6) is 0. The van der Waals surface area contributed by atoms with E-state index in [1.807, 2.05) is 0 Å². The third kappa shape index (κ3) is 24.9. The van der Waals surface area contributed by atoms with E-state index in [0.29, 0.717) is 0 Å². The topological polar surface area (TPSA) is 0 Å². The molecular weight excluding hydrogens is 571 g/mol. The zero-order chi connectivity index (χ0) is 0. The van der Waals surface area contributed by atoms with Gasteiger partial charge >= 0.3 is 68.7 Å². The Hall–Kier alpha value is 3.84. The fourth-order valence-corrected chi connectivity index (χ4v) is 0. The van der Waals surface area contributed by atoms with Crippen molar-refractivity contribution in [3.8, 4) is 0 Å². The van der Waals surface area contributed by atoms with Gasteiger partial charge in [-0.1, -0.05) is 0 Å². The fraction of sp³-hybridized carbons (Fsp3) is 0. The molecule has 0 rings (SSSR count). The van der Waals surface area contributed by atoms with Gasteiger partial charge in [0.05, 0.1) is 0 Å². The van der Waals surface area contributed by atoms with Gasteiger partial charge in [-0.2, -0.15) is 0 Å². The van der Waals surface area contributed by atoms with E-state index in [4.69, 9.17) is 0 Å². The summed E-state index contributed by atoms with van der Waals surface area (Å²) in [7, 11) is 0. The molecule has 0 amide bonds. The molecular formula is Ag2Se3Sn. The van der Waals surface area contributed by atoms with Crippen molar-refractivity contribution in [3.05, 3.63) is 0 Å². The molecule has 6 heavy (non-hydrogen) atoms. The molecule has 0 radical (unpaired) electrons. The van der Waals surface area contributed by atoms with Gasteiger partial charge in [-0.25, -0.2) is 0 Å². The average molecular weight is 571 g/mol. The first kappa shape index (κ1) is 52.2. The normalized spacial score (nSPS) is 0. The molecule has 0 N–H and O–H groups in total. The second kappa shape index (κ2) is 36.9. The molecule has 0 saturated heterocycles. The smallest absolute Gasteiger partial charge is 2.00 e. The maximum Gasteiger partial charge on any atom is 4.00 e. The van der Waals surface area contributed by atoms with Crippen LogP contribution in [0.2, 0.25) is 0 Å². The van der Waals surface area contributed by atoms with Crippen LogP contribution in [0.1, 0.15) is 0 Å². The minimum absolute atomic E-state index is 0. The summed E-state index contributed by atoms with van der Waals surface area (Å²) in [6, 6.07) is 0. The summed E-state index contributed by atoms with van der Waals surface area (Å²) in [5.41, 5.74) is 0. The molecule has 0 aliphatic carbocycles. The average Bonchev–Trinajstić information content (AvgIpc) is 0. The summed E-state index contributed by atoms with van der Waals surface area (Å²) >= 11 is 0. The molecule has 0 fully saturated rings. The number of hydrogen-bond donors (Lipinski definition) is 0. The van der Waals surface area contributed by atoms with Gasteiger partial charge < -0.3 is 51.2 Å².